The van der Waals surface area contributed by atoms with Gasteiger partial charge >= 0.3 is 0 Å². The molecule has 0 spiro atoms. The van der Waals surface area contributed by atoms with Gasteiger partial charge in [0.05, 0.1) is 0 Å². The number of nitrogens with zero attached hydrogens (tertiary/aromatic N) is 1. The summed E-state index contributed by atoms with van der Waals surface area (Å²) in [6.45, 7) is 0.281. The third kappa shape index (κ3) is 2.10. The average Bonchev–Trinajstić information content (AvgIpc) is 1.84. The van der Waals surface area contributed by atoms with Crippen molar-refractivity contribution in [3.63, 3.8) is 0 Å². The number of hydrogen-bond acceptors (Lipinski definition) is 2. The fraction of sp³-hybridized carbons (Fsp3) is 0.625. The lowest BCUT2D eigenvalue weighted by atomic mass is 9.87. The molecule has 0 aromatic carbocycles. The van der Waals surface area contributed by atoms with Crippen molar-refractivity contribution < 1.29 is 4.84 Å². The highest BCUT2D eigenvalue weighted by Gasteiger charge is 2.14. The van der Waals surface area contributed by atoms with Gasteiger partial charge in [0.1, 0.15) is 0 Å². The smallest absolute Gasteiger partial charge is 0.177 e. The van der Waals surface area contributed by atoms with E-state index >= 15 is 0 Å². The molecule has 0 unspecified atom stereocenters. The van der Waals surface area contributed by atoms with E-state index in [2.05, 4.69) is 11.1 Å². The topological polar surface area (TPSA) is 21.6 Å². The first-order valence-electron chi connectivity index (χ1n) is 3.52. The van der Waals surface area contributed by atoms with E-state index < -0.39 is 0 Å². The zero-order chi connectivity index (χ0) is 7.23. The third-order valence-corrected chi connectivity index (χ3v) is 1.64. The van der Waals surface area contributed by atoms with E-state index in [0.717, 1.165) is 0 Å². The van der Waals surface area contributed by atoms with Gasteiger partial charge in [0, 0.05) is 6.21 Å². The minimum absolute atomic E-state index is 0.281. The number of terminal acetylenes is 1. The minimum Gasteiger partial charge on any atom is -0.383 e. The minimum atomic E-state index is 0.281. The molecule has 0 heterocycles. The summed E-state index contributed by atoms with van der Waals surface area (Å²) in [7, 11) is 0. The molecule has 0 radical (unpaired) electrons. The normalized spacial score (nSPS) is 18.3. The van der Waals surface area contributed by atoms with E-state index in [0.29, 0.717) is 5.92 Å². The molecule has 1 aliphatic carbocycles. The second kappa shape index (κ2) is 3.94. The van der Waals surface area contributed by atoms with Gasteiger partial charge in [-0.25, -0.2) is 0 Å². The highest BCUT2D eigenvalue weighted by molar-refractivity contribution is 5.60. The fourth-order valence-corrected chi connectivity index (χ4v) is 0.793. The molecule has 0 atom stereocenters. The van der Waals surface area contributed by atoms with Crippen LogP contribution in [0.2, 0.25) is 0 Å². The van der Waals surface area contributed by atoms with Crippen molar-refractivity contribution in [1.82, 2.24) is 0 Å². The summed E-state index contributed by atoms with van der Waals surface area (Å²) in [6, 6.07) is 0. The lowest BCUT2D eigenvalue weighted by Crippen LogP contribution is -2.11. The van der Waals surface area contributed by atoms with Crippen molar-refractivity contribution in [2.45, 2.75) is 19.3 Å². The van der Waals surface area contributed by atoms with Crippen molar-refractivity contribution in [3.05, 3.63) is 0 Å². The van der Waals surface area contributed by atoms with Gasteiger partial charge in [0.15, 0.2) is 6.61 Å². The maximum Gasteiger partial charge on any atom is 0.177 e. The van der Waals surface area contributed by atoms with Gasteiger partial charge in [-0.1, -0.05) is 17.5 Å². The Kier molecular flexibility index (Phi) is 2.82. The Hall–Kier alpha value is -0.970. The van der Waals surface area contributed by atoms with Crippen LogP contribution in [0.5, 0.6) is 0 Å². The SMILES string of the molecule is C#CCON=CC1CCC1. The molecule has 1 saturated carbocycles. The summed E-state index contributed by atoms with van der Waals surface area (Å²) in [4.78, 5) is 4.72. The third-order valence-electron chi connectivity index (χ3n) is 1.64. The molecule has 1 fully saturated rings. The Labute approximate surface area is 61.3 Å². The van der Waals surface area contributed by atoms with Crippen molar-refractivity contribution in [1.29, 1.82) is 0 Å². The van der Waals surface area contributed by atoms with E-state index in [1.165, 1.54) is 19.3 Å². The van der Waals surface area contributed by atoms with E-state index in [1.54, 1.807) is 0 Å². The standard InChI is InChI=1S/C8H11NO/c1-2-6-10-9-7-8-4-3-5-8/h1,7-8H,3-6H2. The van der Waals surface area contributed by atoms with Crippen LogP contribution in [-0.4, -0.2) is 12.8 Å². The second-order valence-corrected chi connectivity index (χ2v) is 2.42. The lowest BCUT2D eigenvalue weighted by Gasteiger charge is -2.19. The van der Waals surface area contributed by atoms with Crippen molar-refractivity contribution in [2.24, 2.45) is 11.1 Å². The highest BCUT2D eigenvalue weighted by Crippen LogP contribution is 2.23. The summed E-state index contributed by atoms with van der Waals surface area (Å²) < 4.78 is 0. The maximum absolute atomic E-state index is 4.94. The molecule has 0 N–H and O–H groups in total. The molecule has 1 rings (SSSR count). The maximum atomic E-state index is 4.94. The quantitative estimate of drug-likeness (QED) is 0.249. The summed E-state index contributed by atoms with van der Waals surface area (Å²) >= 11 is 0. The van der Waals surface area contributed by atoms with Gasteiger partial charge in [0.2, 0.25) is 0 Å². The van der Waals surface area contributed by atoms with E-state index in [-0.39, 0.29) is 6.61 Å². The van der Waals surface area contributed by atoms with Crippen LogP contribution in [-0.2, 0) is 4.84 Å². The first-order valence-corrected chi connectivity index (χ1v) is 3.52. The van der Waals surface area contributed by atoms with Crippen LogP contribution in [0.3, 0.4) is 0 Å². The molecule has 0 saturated heterocycles. The molecule has 0 amide bonds. The summed E-state index contributed by atoms with van der Waals surface area (Å²) in [5.41, 5.74) is 0. The van der Waals surface area contributed by atoms with Crippen LogP contribution in [0, 0.1) is 18.3 Å². The Morgan fingerprint density at radius 2 is 2.50 bits per heavy atom. The van der Waals surface area contributed by atoms with Crippen LogP contribution in [0.4, 0.5) is 0 Å². The molecule has 0 bridgehead atoms. The van der Waals surface area contributed by atoms with Gasteiger partial charge in [-0.15, -0.1) is 6.42 Å². The van der Waals surface area contributed by atoms with Crippen LogP contribution in [0.15, 0.2) is 5.16 Å². The van der Waals surface area contributed by atoms with Crippen LogP contribution < -0.4 is 0 Å². The number of oxime groups is 1. The van der Waals surface area contributed by atoms with Crippen LogP contribution in [0.1, 0.15) is 19.3 Å². The van der Waals surface area contributed by atoms with Gasteiger partial charge in [-0.2, -0.15) is 0 Å². The zero-order valence-electron chi connectivity index (χ0n) is 5.92. The molecular weight excluding hydrogens is 126 g/mol. The van der Waals surface area contributed by atoms with Gasteiger partial charge in [-0.05, 0) is 18.8 Å². The summed E-state index contributed by atoms with van der Waals surface area (Å²) in [5, 5.41) is 3.72. The largest absolute Gasteiger partial charge is 0.383 e. The Morgan fingerprint density at radius 3 is 3.00 bits per heavy atom. The highest BCUT2D eigenvalue weighted by atomic mass is 16.6. The van der Waals surface area contributed by atoms with Crippen molar-refractivity contribution in [2.75, 3.05) is 6.61 Å². The molecule has 0 aromatic rings. The van der Waals surface area contributed by atoms with Gasteiger partial charge in [-0.3, -0.25) is 0 Å². The second-order valence-electron chi connectivity index (χ2n) is 2.42. The number of hydrogen-bond donors (Lipinski definition) is 0. The van der Waals surface area contributed by atoms with Crippen LogP contribution in [0.25, 0.3) is 0 Å². The first kappa shape index (κ1) is 7.14. The van der Waals surface area contributed by atoms with E-state index in [4.69, 9.17) is 11.3 Å². The molecule has 10 heavy (non-hydrogen) atoms. The molecule has 0 aliphatic heterocycles. The lowest BCUT2D eigenvalue weighted by molar-refractivity contribution is 0.178. The summed E-state index contributed by atoms with van der Waals surface area (Å²) in [6.07, 6.45) is 10.6. The van der Waals surface area contributed by atoms with Crippen molar-refractivity contribution >= 4 is 6.21 Å². The first-order chi connectivity index (χ1) is 4.93. The molecule has 0 aromatic heterocycles. The molecule has 2 nitrogen and oxygen atoms in total. The Balaban J connectivity index is 2.00. The number of rotatable bonds is 3. The fourth-order valence-electron chi connectivity index (χ4n) is 0.793. The zero-order valence-corrected chi connectivity index (χ0v) is 5.92. The van der Waals surface area contributed by atoms with E-state index in [9.17, 15) is 0 Å². The summed E-state index contributed by atoms with van der Waals surface area (Å²) in [5.74, 6) is 2.99. The van der Waals surface area contributed by atoms with Gasteiger partial charge in [0.25, 0.3) is 0 Å². The molecule has 1 aliphatic rings. The van der Waals surface area contributed by atoms with E-state index in [1.807, 2.05) is 6.21 Å². The Bertz CT molecular complexity index is 153. The molecule has 54 valence electrons. The Morgan fingerprint density at radius 1 is 1.70 bits per heavy atom. The van der Waals surface area contributed by atoms with Crippen LogP contribution >= 0.6 is 0 Å². The van der Waals surface area contributed by atoms with Crippen molar-refractivity contribution in [3.8, 4) is 12.3 Å². The van der Waals surface area contributed by atoms with Gasteiger partial charge < -0.3 is 4.84 Å². The average molecular weight is 137 g/mol. The molecule has 2 heteroatoms. The molecular formula is C8H11NO. The predicted molar refractivity (Wildman–Crippen MR) is 40.6 cm³/mol. The predicted octanol–water partition coefficient (Wildman–Crippen LogP) is 1.42. The monoisotopic (exact) mass is 137 g/mol.